The van der Waals surface area contributed by atoms with Gasteiger partial charge in [-0.05, 0) is 69.3 Å². The van der Waals surface area contributed by atoms with E-state index in [1.807, 2.05) is 12.1 Å². The number of benzene rings is 1. The molecule has 3 aliphatic rings. The highest BCUT2D eigenvalue weighted by Crippen LogP contribution is 2.37. The van der Waals surface area contributed by atoms with Crippen LogP contribution in [-0.2, 0) is 16.1 Å². The zero-order valence-electron chi connectivity index (χ0n) is 16.0. The topological polar surface area (TPSA) is 69.7 Å². The average molecular weight is 369 g/mol. The van der Waals surface area contributed by atoms with Gasteiger partial charge in [0.1, 0.15) is 6.04 Å². The van der Waals surface area contributed by atoms with Gasteiger partial charge in [-0.3, -0.25) is 19.7 Å². The Morgan fingerprint density at radius 1 is 1.07 bits per heavy atom. The van der Waals surface area contributed by atoms with E-state index in [-0.39, 0.29) is 24.1 Å². The van der Waals surface area contributed by atoms with Crippen LogP contribution in [0.2, 0.25) is 0 Å². The lowest BCUT2D eigenvalue weighted by Gasteiger charge is -2.35. The van der Waals surface area contributed by atoms with Gasteiger partial charge < -0.3 is 9.80 Å². The second kappa shape index (κ2) is 7.08. The van der Waals surface area contributed by atoms with Crippen LogP contribution in [0.25, 0.3) is 0 Å². The molecule has 3 aliphatic heterocycles. The normalized spacial score (nSPS) is 24.5. The molecule has 0 spiro atoms. The van der Waals surface area contributed by atoms with Crippen LogP contribution in [0.1, 0.15) is 66.9 Å². The molecule has 0 saturated carbocycles. The fourth-order valence-corrected chi connectivity index (χ4v) is 4.72. The van der Waals surface area contributed by atoms with E-state index in [0.29, 0.717) is 24.9 Å². The van der Waals surface area contributed by atoms with Crippen molar-refractivity contribution in [2.24, 2.45) is 0 Å². The first kappa shape index (κ1) is 18.2. The van der Waals surface area contributed by atoms with Crippen molar-refractivity contribution in [2.45, 2.75) is 64.1 Å². The molecule has 6 heteroatoms. The number of nitrogens with zero attached hydrogens (tertiary/aromatic N) is 2. The molecule has 144 valence electrons. The van der Waals surface area contributed by atoms with Crippen molar-refractivity contribution in [2.75, 3.05) is 13.1 Å². The predicted molar refractivity (Wildman–Crippen MR) is 101 cm³/mol. The minimum absolute atomic E-state index is 0.0824. The summed E-state index contributed by atoms with van der Waals surface area (Å²) in [7, 11) is 0. The summed E-state index contributed by atoms with van der Waals surface area (Å²) in [6, 6.07) is 6.01. The van der Waals surface area contributed by atoms with E-state index < -0.39 is 6.04 Å². The van der Waals surface area contributed by atoms with Crippen LogP contribution in [-0.4, -0.2) is 52.7 Å². The monoisotopic (exact) mass is 369 g/mol. The molecular weight excluding hydrogens is 342 g/mol. The first-order valence-electron chi connectivity index (χ1n) is 9.96. The van der Waals surface area contributed by atoms with Gasteiger partial charge in [0.25, 0.3) is 5.91 Å². The van der Waals surface area contributed by atoms with Crippen LogP contribution < -0.4 is 5.32 Å². The number of carbonyl (C=O) groups excluding carboxylic acids is 3. The van der Waals surface area contributed by atoms with Crippen molar-refractivity contribution in [3.8, 4) is 0 Å². The fraction of sp³-hybridized carbons (Fsp3) is 0.571. The Kier molecular flexibility index (Phi) is 4.76. The average Bonchev–Trinajstić information content (AvgIpc) is 2.98. The Labute approximate surface area is 159 Å². The number of imide groups is 1. The summed E-state index contributed by atoms with van der Waals surface area (Å²) in [5, 5.41) is 2.37. The zero-order chi connectivity index (χ0) is 19.1. The molecule has 2 fully saturated rings. The van der Waals surface area contributed by atoms with Crippen molar-refractivity contribution in [3.05, 3.63) is 34.9 Å². The number of fused-ring (bicyclic) bond motifs is 1. The third kappa shape index (κ3) is 3.27. The highest BCUT2D eigenvalue weighted by Gasteiger charge is 2.40. The van der Waals surface area contributed by atoms with Gasteiger partial charge in [-0.2, -0.15) is 0 Å². The van der Waals surface area contributed by atoms with Gasteiger partial charge in [0.15, 0.2) is 0 Å². The van der Waals surface area contributed by atoms with Gasteiger partial charge in [0.2, 0.25) is 11.8 Å². The van der Waals surface area contributed by atoms with Gasteiger partial charge in [-0.15, -0.1) is 0 Å². The number of likely N-dealkylation sites (tertiary alicyclic amines) is 1. The van der Waals surface area contributed by atoms with Gasteiger partial charge >= 0.3 is 0 Å². The third-order valence-electron chi connectivity index (χ3n) is 6.32. The van der Waals surface area contributed by atoms with Gasteiger partial charge in [-0.25, -0.2) is 0 Å². The summed E-state index contributed by atoms with van der Waals surface area (Å²) in [6.07, 6.45) is 2.89. The summed E-state index contributed by atoms with van der Waals surface area (Å²) in [6.45, 7) is 7.10. The minimum atomic E-state index is -0.543. The molecular formula is C21H27N3O3. The zero-order valence-corrected chi connectivity index (χ0v) is 16.0. The summed E-state index contributed by atoms with van der Waals surface area (Å²) in [5.41, 5.74) is 3.07. The molecule has 2 saturated heterocycles. The van der Waals surface area contributed by atoms with Crippen LogP contribution in [0.15, 0.2) is 18.2 Å². The number of carbonyl (C=O) groups is 3. The molecule has 3 amide bonds. The first-order valence-corrected chi connectivity index (χ1v) is 9.96. The molecule has 0 aromatic heterocycles. The molecule has 1 aromatic rings. The maximum absolute atomic E-state index is 13.0. The van der Waals surface area contributed by atoms with E-state index in [0.717, 1.165) is 37.1 Å². The number of rotatable bonds is 3. The maximum atomic E-state index is 13.0. The Bertz CT molecular complexity index is 781. The van der Waals surface area contributed by atoms with Crippen molar-refractivity contribution >= 4 is 17.7 Å². The van der Waals surface area contributed by atoms with Crippen LogP contribution in [0, 0.1) is 0 Å². The van der Waals surface area contributed by atoms with E-state index in [9.17, 15) is 14.4 Å². The Balaban J connectivity index is 1.55. The molecule has 0 radical (unpaired) electrons. The van der Waals surface area contributed by atoms with Gasteiger partial charge in [0.05, 0.1) is 0 Å². The van der Waals surface area contributed by atoms with Crippen LogP contribution >= 0.6 is 0 Å². The van der Waals surface area contributed by atoms with Crippen LogP contribution in [0.3, 0.4) is 0 Å². The molecule has 6 nitrogen and oxygen atoms in total. The van der Waals surface area contributed by atoms with Crippen molar-refractivity contribution in [1.82, 2.24) is 15.1 Å². The van der Waals surface area contributed by atoms with E-state index in [1.54, 1.807) is 4.90 Å². The number of amides is 3. The number of nitrogens with one attached hydrogen (secondary N) is 1. The lowest BCUT2D eigenvalue weighted by molar-refractivity contribution is -0.136. The number of piperidine rings is 2. The predicted octanol–water partition coefficient (Wildman–Crippen LogP) is 2.04. The minimum Gasteiger partial charge on any atom is -0.322 e. The van der Waals surface area contributed by atoms with E-state index in [4.69, 9.17) is 0 Å². The standard InChI is InChI=1S/C21H27N3O3/c1-13(2)23-10-8-14(9-11-23)15-4-3-5-16-17(15)12-24(21(16)27)18-6-7-19(25)22-20(18)26/h3-5,13-14,18H,6-12H2,1-2H3,(H,22,25,26). The first-order chi connectivity index (χ1) is 13.0. The van der Waals surface area contributed by atoms with Crippen molar-refractivity contribution in [3.63, 3.8) is 0 Å². The molecule has 1 aromatic carbocycles. The Hall–Kier alpha value is -2.21. The quantitative estimate of drug-likeness (QED) is 0.828. The maximum Gasteiger partial charge on any atom is 0.255 e. The van der Waals surface area contributed by atoms with Gasteiger partial charge in [0, 0.05) is 24.6 Å². The molecule has 4 rings (SSSR count). The van der Waals surface area contributed by atoms with Crippen molar-refractivity contribution in [1.29, 1.82) is 0 Å². The van der Waals surface area contributed by atoms with Crippen molar-refractivity contribution < 1.29 is 14.4 Å². The number of hydrogen-bond acceptors (Lipinski definition) is 4. The molecule has 27 heavy (non-hydrogen) atoms. The lowest BCUT2D eigenvalue weighted by atomic mass is 9.85. The highest BCUT2D eigenvalue weighted by atomic mass is 16.2. The van der Waals surface area contributed by atoms with Gasteiger partial charge in [-0.1, -0.05) is 12.1 Å². The third-order valence-corrected chi connectivity index (χ3v) is 6.32. The molecule has 3 heterocycles. The van der Waals surface area contributed by atoms with E-state index >= 15 is 0 Å². The summed E-state index contributed by atoms with van der Waals surface area (Å²) < 4.78 is 0. The van der Waals surface area contributed by atoms with Crippen LogP contribution in [0.5, 0.6) is 0 Å². The second-order valence-electron chi connectivity index (χ2n) is 8.18. The molecule has 1 unspecified atom stereocenters. The number of hydrogen-bond donors (Lipinski definition) is 1. The molecule has 0 bridgehead atoms. The van der Waals surface area contributed by atoms with E-state index in [2.05, 4.69) is 30.1 Å². The largest absolute Gasteiger partial charge is 0.322 e. The SMILES string of the molecule is CC(C)N1CCC(c2cccc3c2CN(C2CCC(=O)NC2=O)C3=O)CC1. The smallest absolute Gasteiger partial charge is 0.255 e. The fourth-order valence-electron chi connectivity index (χ4n) is 4.72. The van der Waals surface area contributed by atoms with E-state index in [1.165, 1.54) is 5.56 Å². The Morgan fingerprint density at radius 2 is 1.81 bits per heavy atom. The Morgan fingerprint density at radius 3 is 2.48 bits per heavy atom. The van der Waals surface area contributed by atoms with Crippen LogP contribution in [0.4, 0.5) is 0 Å². The summed E-state index contributed by atoms with van der Waals surface area (Å²) >= 11 is 0. The second-order valence-corrected chi connectivity index (χ2v) is 8.18. The lowest BCUT2D eigenvalue weighted by Crippen LogP contribution is -2.52. The summed E-state index contributed by atoms with van der Waals surface area (Å²) in [5.74, 6) is -0.220. The molecule has 1 N–H and O–H groups in total. The molecule has 0 aliphatic carbocycles. The highest BCUT2D eigenvalue weighted by molar-refractivity contribution is 6.05. The summed E-state index contributed by atoms with van der Waals surface area (Å²) in [4.78, 5) is 40.8. The molecule has 1 atom stereocenters.